The van der Waals surface area contributed by atoms with Crippen LogP contribution in [-0.2, 0) is 9.59 Å². The number of amides is 3. The highest BCUT2D eigenvalue weighted by Gasteiger charge is 2.16. The first-order chi connectivity index (χ1) is 20.2. The van der Waals surface area contributed by atoms with Gasteiger partial charge in [0.05, 0.1) is 15.8 Å². The van der Waals surface area contributed by atoms with E-state index >= 15 is 0 Å². The Kier molecular flexibility index (Phi) is 10.8. The molecule has 0 aliphatic heterocycles. The Hall–Kier alpha value is -4.04. The Morgan fingerprint density at radius 3 is 2.19 bits per heavy atom. The summed E-state index contributed by atoms with van der Waals surface area (Å²) in [4.78, 5) is 39.6. The molecule has 0 aliphatic carbocycles. The van der Waals surface area contributed by atoms with Crippen molar-refractivity contribution in [3.8, 4) is 0 Å². The normalized spacial score (nSPS) is 11.2. The maximum absolute atomic E-state index is 13.4. The van der Waals surface area contributed by atoms with E-state index in [4.69, 9.17) is 23.2 Å². The summed E-state index contributed by atoms with van der Waals surface area (Å²) in [5, 5.41) is 9.17. The van der Waals surface area contributed by atoms with Crippen LogP contribution in [-0.4, -0.2) is 23.5 Å². The molecule has 0 aromatic heterocycles. The van der Waals surface area contributed by atoms with E-state index in [1.807, 2.05) is 36.4 Å². The Labute approximate surface area is 259 Å². The molecule has 4 aromatic carbocycles. The second-order valence-electron chi connectivity index (χ2n) is 9.65. The van der Waals surface area contributed by atoms with Crippen molar-refractivity contribution in [1.29, 1.82) is 0 Å². The van der Waals surface area contributed by atoms with Gasteiger partial charge in [0.1, 0.15) is 5.70 Å². The lowest BCUT2D eigenvalue weighted by Gasteiger charge is -2.13. The number of carbonyl (C=O) groups excluding carboxylic acids is 3. The van der Waals surface area contributed by atoms with Gasteiger partial charge in [0, 0.05) is 21.8 Å². The highest BCUT2D eigenvalue weighted by atomic mass is 35.5. The summed E-state index contributed by atoms with van der Waals surface area (Å²) in [6, 6.07) is 28.5. The van der Waals surface area contributed by atoms with Crippen molar-refractivity contribution in [3.63, 3.8) is 0 Å². The fourth-order valence-corrected chi connectivity index (χ4v) is 4.92. The average molecular weight is 619 g/mol. The Morgan fingerprint density at radius 1 is 0.786 bits per heavy atom. The standard InChI is InChI=1S/C33H29Cl2N3O3S/c1-21(2)23-13-11-22(12-14-23)17-30(38-32(40)24-7-4-3-5-8-24)33(41)37-25-9-6-10-27(18-25)42-20-31(39)36-26-15-16-28(34)29(35)19-26/h3-19,21H,20H2,1-2H3,(H,36,39)(H,37,41)(H,38,40)/b30-17+. The summed E-state index contributed by atoms with van der Waals surface area (Å²) in [6.07, 6.45) is 1.65. The van der Waals surface area contributed by atoms with Gasteiger partial charge < -0.3 is 16.0 Å². The Morgan fingerprint density at radius 2 is 1.50 bits per heavy atom. The highest BCUT2D eigenvalue weighted by molar-refractivity contribution is 8.00. The Bertz CT molecular complexity index is 1610. The minimum Gasteiger partial charge on any atom is -0.325 e. The van der Waals surface area contributed by atoms with Crippen molar-refractivity contribution in [1.82, 2.24) is 5.32 Å². The van der Waals surface area contributed by atoms with Gasteiger partial charge in [-0.15, -0.1) is 11.8 Å². The molecule has 0 spiro atoms. The fourth-order valence-electron chi connectivity index (χ4n) is 3.87. The number of anilines is 2. The third-order valence-corrected chi connectivity index (χ3v) is 7.84. The first kappa shape index (κ1) is 30.9. The van der Waals surface area contributed by atoms with E-state index in [0.29, 0.717) is 32.9 Å². The Balaban J connectivity index is 1.46. The predicted octanol–water partition coefficient (Wildman–Crippen LogP) is 8.26. The number of rotatable bonds is 10. The third-order valence-electron chi connectivity index (χ3n) is 6.11. The zero-order valence-corrected chi connectivity index (χ0v) is 25.3. The molecule has 3 N–H and O–H groups in total. The van der Waals surface area contributed by atoms with E-state index in [-0.39, 0.29) is 17.4 Å². The van der Waals surface area contributed by atoms with Crippen molar-refractivity contribution in [2.45, 2.75) is 24.7 Å². The number of hydrogen-bond acceptors (Lipinski definition) is 4. The van der Waals surface area contributed by atoms with E-state index in [1.54, 1.807) is 66.7 Å². The molecule has 4 aromatic rings. The topological polar surface area (TPSA) is 87.3 Å². The molecule has 0 saturated heterocycles. The van der Waals surface area contributed by atoms with E-state index < -0.39 is 11.8 Å². The van der Waals surface area contributed by atoms with Crippen LogP contribution in [0.5, 0.6) is 0 Å². The average Bonchev–Trinajstić information content (AvgIpc) is 2.98. The quantitative estimate of drug-likeness (QED) is 0.123. The fraction of sp³-hybridized carbons (Fsp3) is 0.121. The number of halogens is 2. The molecule has 0 saturated carbocycles. The van der Waals surface area contributed by atoms with Crippen LogP contribution in [0.3, 0.4) is 0 Å². The molecule has 0 unspecified atom stereocenters. The van der Waals surface area contributed by atoms with E-state index in [9.17, 15) is 14.4 Å². The smallest absolute Gasteiger partial charge is 0.272 e. The van der Waals surface area contributed by atoms with Crippen molar-refractivity contribution in [2.24, 2.45) is 0 Å². The van der Waals surface area contributed by atoms with Gasteiger partial charge in [-0.3, -0.25) is 14.4 Å². The molecule has 0 aliphatic rings. The second kappa shape index (κ2) is 14.7. The summed E-state index contributed by atoms with van der Waals surface area (Å²) in [5.74, 6) is -0.580. The zero-order chi connectivity index (χ0) is 30.1. The van der Waals surface area contributed by atoms with E-state index in [0.717, 1.165) is 10.5 Å². The summed E-state index contributed by atoms with van der Waals surface area (Å²) < 4.78 is 0. The van der Waals surface area contributed by atoms with Gasteiger partial charge in [-0.25, -0.2) is 0 Å². The van der Waals surface area contributed by atoms with Crippen LogP contribution >= 0.6 is 35.0 Å². The molecule has 214 valence electrons. The van der Waals surface area contributed by atoms with Crippen LogP contribution in [0.15, 0.2) is 108 Å². The van der Waals surface area contributed by atoms with Crippen molar-refractivity contribution in [2.75, 3.05) is 16.4 Å². The van der Waals surface area contributed by atoms with Gasteiger partial charge in [0.15, 0.2) is 0 Å². The molecule has 0 fully saturated rings. The molecule has 42 heavy (non-hydrogen) atoms. The number of thioether (sulfide) groups is 1. The molecular formula is C33H29Cl2N3O3S. The lowest BCUT2D eigenvalue weighted by atomic mass is 10.0. The van der Waals surface area contributed by atoms with Gasteiger partial charge in [-0.2, -0.15) is 0 Å². The van der Waals surface area contributed by atoms with Crippen LogP contribution in [0.4, 0.5) is 11.4 Å². The van der Waals surface area contributed by atoms with Gasteiger partial charge in [-0.1, -0.05) is 85.6 Å². The van der Waals surface area contributed by atoms with Gasteiger partial charge in [-0.05, 0) is 71.7 Å². The molecule has 0 atom stereocenters. The first-order valence-corrected chi connectivity index (χ1v) is 14.9. The van der Waals surface area contributed by atoms with Crippen molar-refractivity contribution in [3.05, 3.63) is 129 Å². The number of benzene rings is 4. The number of carbonyl (C=O) groups is 3. The minimum atomic E-state index is -0.480. The first-order valence-electron chi connectivity index (χ1n) is 13.1. The molecule has 9 heteroatoms. The van der Waals surface area contributed by atoms with Crippen molar-refractivity contribution >= 4 is 70.1 Å². The number of nitrogens with one attached hydrogen (secondary N) is 3. The lowest BCUT2D eigenvalue weighted by Crippen LogP contribution is -2.30. The van der Waals surface area contributed by atoms with Crippen LogP contribution in [0.25, 0.3) is 6.08 Å². The largest absolute Gasteiger partial charge is 0.325 e. The predicted molar refractivity (Wildman–Crippen MR) is 173 cm³/mol. The van der Waals surface area contributed by atoms with Crippen LogP contribution in [0.2, 0.25) is 10.0 Å². The van der Waals surface area contributed by atoms with Crippen molar-refractivity contribution < 1.29 is 14.4 Å². The minimum absolute atomic E-state index is 0.0974. The van der Waals surface area contributed by atoms with E-state index in [1.165, 1.54) is 17.3 Å². The molecule has 0 heterocycles. The molecule has 6 nitrogen and oxygen atoms in total. The summed E-state index contributed by atoms with van der Waals surface area (Å²) in [6.45, 7) is 4.22. The second-order valence-corrected chi connectivity index (χ2v) is 11.5. The third kappa shape index (κ3) is 8.98. The van der Waals surface area contributed by atoms with Crippen LogP contribution in [0.1, 0.15) is 41.3 Å². The van der Waals surface area contributed by atoms with Crippen LogP contribution < -0.4 is 16.0 Å². The van der Waals surface area contributed by atoms with E-state index in [2.05, 4.69) is 29.8 Å². The number of hydrogen-bond donors (Lipinski definition) is 3. The monoisotopic (exact) mass is 617 g/mol. The lowest BCUT2D eigenvalue weighted by molar-refractivity contribution is -0.114. The maximum Gasteiger partial charge on any atom is 0.272 e. The maximum atomic E-state index is 13.4. The summed E-state index contributed by atoms with van der Waals surface area (Å²) in [5.41, 5.74) is 3.54. The summed E-state index contributed by atoms with van der Waals surface area (Å²) >= 11 is 13.3. The molecule has 4 rings (SSSR count). The SMILES string of the molecule is CC(C)c1ccc(/C=C(/NC(=O)c2ccccc2)C(=O)Nc2cccc(SCC(=O)Nc3ccc(Cl)c(Cl)c3)c2)cc1. The zero-order valence-electron chi connectivity index (χ0n) is 23.0. The molecule has 3 amide bonds. The molecule has 0 radical (unpaired) electrons. The van der Waals surface area contributed by atoms with Gasteiger partial charge >= 0.3 is 0 Å². The summed E-state index contributed by atoms with van der Waals surface area (Å²) in [7, 11) is 0. The van der Waals surface area contributed by atoms with Crippen LogP contribution in [0, 0.1) is 0 Å². The molecule has 0 bridgehead atoms. The van der Waals surface area contributed by atoms with Gasteiger partial charge in [0.25, 0.3) is 11.8 Å². The molecular weight excluding hydrogens is 589 g/mol. The van der Waals surface area contributed by atoms with Gasteiger partial charge in [0.2, 0.25) is 5.91 Å². The highest BCUT2D eigenvalue weighted by Crippen LogP contribution is 2.26.